The summed E-state index contributed by atoms with van der Waals surface area (Å²) in [7, 11) is 0. The summed E-state index contributed by atoms with van der Waals surface area (Å²) in [6, 6.07) is -0.809. The number of amides is 1. The van der Waals surface area contributed by atoms with Crippen molar-refractivity contribution in [2.75, 3.05) is 13.2 Å². The highest BCUT2D eigenvalue weighted by atomic mass is 16.7. The summed E-state index contributed by atoms with van der Waals surface area (Å²) < 4.78 is 11.0. The molecule has 9 heteroatoms. The number of carbonyl (C=O) groups excluding carboxylic acids is 1. The van der Waals surface area contributed by atoms with Crippen LogP contribution in [0.25, 0.3) is 0 Å². The third-order valence-electron chi connectivity index (χ3n) is 6.78. The Bertz CT molecular complexity index is 656. The Kier molecular flexibility index (Phi) is 19.6. The molecule has 1 aliphatic rings. The standard InChI is InChI=1S/C29H53NO8/c1-3-5-7-9-11-13-14-16-18-23(32)22(30-25(33)19-17-15-12-10-8-6-4-2)21-37-29-28(36)27(35)26(34)24(20-31)38-29/h9,11,16,18,22-24,26-29,31-32,34-36H,3-8,10,12-15,17,19-21H2,1-2H3,(H,30,33)/b11-9+,18-16+. The number of aliphatic hydroxyl groups excluding tert-OH is 5. The lowest BCUT2D eigenvalue weighted by atomic mass is 9.99. The van der Waals surface area contributed by atoms with Gasteiger partial charge in [-0.15, -0.1) is 0 Å². The van der Waals surface area contributed by atoms with E-state index in [0.717, 1.165) is 44.9 Å². The first-order valence-corrected chi connectivity index (χ1v) is 14.6. The van der Waals surface area contributed by atoms with Gasteiger partial charge in [-0.25, -0.2) is 0 Å². The molecule has 0 aliphatic carbocycles. The molecule has 7 atom stereocenters. The van der Waals surface area contributed by atoms with E-state index in [1.807, 2.05) is 6.08 Å². The van der Waals surface area contributed by atoms with Crippen molar-refractivity contribution in [3.8, 4) is 0 Å². The fourth-order valence-electron chi connectivity index (χ4n) is 4.27. The highest BCUT2D eigenvalue weighted by Crippen LogP contribution is 2.22. The number of hydrogen-bond acceptors (Lipinski definition) is 8. The molecule has 7 unspecified atom stereocenters. The van der Waals surface area contributed by atoms with Gasteiger partial charge in [0.25, 0.3) is 0 Å². The molecule has 0 aromatic rings. The Balaban J connectivity index is 2.65. The molecule has 9 nitrogen and oxygen atoms in total. The van der Waals surface area contributed by atoms with Gasteiger partial charge in [0.2, 0.25) is 5.91 Å². The van der Waals surface area contributed by atoms with Crippen molar-refractivity contribution in [3.05, 3.63) is 24.3 Å². The molecule has 1 rings (SSSR count). The monoisotopic (exact) mass is 543 g/mol. The minimum atomic E-state index is -1.56. The fourth-order valence-corrected chi connectivity index (χ4v) is 4.27. The maximum absolute atomic E-state index is 12.6. The summed E-state index contributed by atoms with van der Waals surface area (Å²) in [5.74, 6) is -0.202. The lowest BCUT2D eigenvalue weighted by molar-refractivity contribution is -0.302. The molecular weight excluding hydrogens is 490 g/mol. The number of nitrogens with one attached hydrogen (secondary N) is 1. The van der Waals surface area contributed by atoms with Crippen LogP contribution in [0, 0.1) is 0 Å². The number of aliphatic hydroxyl groups is 5. The summed E-state index contributed by atoms with van der Waals surface area (Å²) >= 11 is 0. The van der Waals surface area contributed by atoms with E-state index >= 15 is 0 Å². The SMILES string of the molecule is CCCC/C=C/CC/C=C/C(O)C(COC1OC(CO)C(O)C(O)C1O)NC(=O)CCCCCCCCC. The van der Waals surface area contributed by atoms with Gasteiger partial charge in [-0.2, -0.15) is 0 Å². The average Bonchev–Trinajstić information content (AvgIpc) is 2.91. The van der Waals surface area contributed by atoms with Crippen molar-refractivity contribution in [1.82, 2.24) is 5.32 Å². The van der Waals surface area contributed by atoms with E-state index in [1.165, 1.54) is 32.1 Å². The van der Waals surface area contributed by atoms with E-state index in [9.17, 15) is 30.3 Å². The van der Waals surface area contributed by atoms with Gasteiger partial charge in [-0.05, 0) is 25.7 Å². The summed E-state index contributed by atoms with van der Waals surface area (Å²) in [5.41, 5.74) is 0. The second-order valence-corrected chi connectivity index (χ2v) is 10.2. The molecular formula is C29H53NO8. The maximum Gasteiger partial charge on any atom is 0.220 e. The second-order valence-electron chi connectivity index (χ2n) is 10.2. The van der Waals surface area contributed by atoms with Crippen LogP contribution in [0.1, 0.15) is 97.3 Å². The topological polar surface area (TPSA) is 149 Å². The lowest BCUT2D eigenvalue weighted by Gasteiger charge is -2.40. The molecule has 1 fully saturated rings. The van der Waals surface area contributed by atoms with Crippen molar-refractivity contribution in [2.45, 2.75) is 140 Å². The quantitative estimate of drug-likeness (QED) is 0.0956. The first kappa shape index (κ1) is 34.7. The van der Waals surface area contributed by atoms with Crippen LogP contribution >= 0.6 is 0 Å². The molecule has 0 radical (unpaired) electrons. The summed E-state index contributed by atoms with van der Waals surface area (Å²) in [5, 5.41) is 53.2. The van der Waals surface area contributed by atoms with Gasteiger partial charge in [-0.3, -0.25) is 4.79 Å². The van der Waals surface area contributed by atoms with Gasteiger partial charge in [-0.1, -0.05) is 89.5 Å². The molecule has 1 saturated heterocycles. The molecule has 0 aromatic carbocycles. The molecule has 222 valence electrons. The third kappa shape index (κ3) is 14.2. The van der Waals surface area contributed by atoms with Crippen molar-refractivity contribution in [1.29, 1.82) is 0 Å². The van der Waals surface area contributed by atoms with Gasteiger partial charge >= 0.3 is 0 Å². The molecule has 6 N–H and O–H groups in total. The van der Waals surface area contributed by atoms with Gasteiger partial charge < -0.3 is 40.3 Å². The summed E-state index contributed by atoms with van der Waals surface area (Å²) in [6.07, 6.45) is 12.6. The van der Waals surface area contributed by atoms with E-state index in [2.05, 4.69) is 31.3 Å². The Hall–Kier alpha value is -1.33. The zero-order valence-corrected chi connectivity index (χ0v) is 23.4. The van der Waals surface area contributed by atoms with Gasteiger partial charge in [0, 0.05) is 6.42 Å². The number of rotatable bonds is 21. The molecule has 1 heterocycles. The Morgan fingerprint density at radius 1 is 0.868 bits per heavy atom. The van der Waals surface area contributed by atoms with Crippen LogP contribution in [0.3, 0.4) is 0 Å². The second kappa shape index (κ2) is 21.5. The first-order valence-electron chi connectivity index (χ1n) is 14.6. The van der Waals surface area contributed by atoms with Crippen LogP contribution in [-0.4, -0.2) is 87.5 Å². The number of carbonyl (C=O) groups is 1. The molecule has 1 amide bonds. The van der Waals surface area contributed by atoms with Crippen LogP contribution < -0.4 is 5.32 Å². The van der Waals surface area contributed by atoms with Gasteiger partial charge in [0.05, 0.1) is 25.4 Å². The van der Waals surface area contributed by atoms with Crippen LogP contribution in [0.4, 0.5) is 0 Å². The Morgan fingerprint density at radius 2 is 1.50 bits per heavy atom. The zero-order valence-electron chi connectivity index (χ0n) is 23.4. The maximum atomic E-state index is 12.6. The van der Waals surface area contributed by atoms with Crippen molar-refractivity contribution >= 4 is 5.91 Å². The fraction of sp³-hybridized carbons (Fsp3) is 0.828. The van der Waals surface area contributed by atoms with E-state index in [1.54, 1.807) is 6.08 Å². The summed E-state index contributed by atoms with van der Waals surface area (Å²) in [6.45, 7) is 3.57. The smallest absolute Gasteiger partial charge is 0.220 e. The minimum Gasteiger partial charge on any atom is -0.394 e. The van der Waals surface area contributed by atoms with E-state index in [-0.39, 0.29) is 12.5 Å². The van der Waals surface area contributed by atoms with Crippen LogP contribution in [0.5, 0.6) is 0 Å². The summed E-state index contributed by atoms with van der Waals surface area (Å²) in [4.78, 5) is 12.6. The third-order valence-corrected chi connectivity index (χ3v) is 6.78. The number of allylic oxidation sites excluding steroid dienone is 3. The molecule has 1 aliphatic heterocycles. The van der Waals surface area contributed by atoms with Crippen molar-refractivity contribution in [3.63, 3.8) is 0 Å². The van der Waals surface area contributed by atoms with Crippen molar-refractivity contribution in [2.24, 2.45) is 0 Å². The normalized spacial score (nSPS) is 25.7. The molecule has 38 heavy (non-hydrogen) atoms. The van der Waals surface area contributed by atoms with Crippen LogP contribution in [0.15, 0.2) is 24.3 Å². The van der Waals surface area contributed by atoms with Crippen LogP contribution in [-0.2, 0) is 14.3 Å². The minimum absolute atomic E-state index is 0.201. The molecule has 0 saturated carbocycles. The highest BCUT2D eigenvalue weighted by Gasteiger charge is 2.44. The predicted octanol–water partition coefficient (Wildman–Crippen LogP) is 2.87. The van der Waals surface area contributed by atoms with E-state index in [4.69, 9.17) is 9.47 Å². The zero-order chi connectivity index (χ0) is 28.2. The average molecular weight is 544 g/mol. The molecule has 0 bridgehead atoms. The number of ether oxygens (including phenoxy) is 2. The van der Waals surface area contributed by atoms with E-state index in [0.29, 0.717) is 6.42 Å². The van der Waals surface area contributed by atoms with Crippen molar-refractivity contribution < 1.29 is 39.8 Å². The number of unbranched alkanes of at least 4 members (excludes halogenated alkanes) is 9. The van der Waals surface area contributed by atoms with Gasteiger partial charge in [0.1, 0.15) is 24.4 Å². The predicted molar refractivity (Wildman–Crippen MR) is 147 cm³/mol. The number of hydrogen-bond donors (Lipinski definition) is 6. The van der Waals surface area contributed by atoms with Gasteiger partial charge in [0.15, 0.2) is 6.29 Å². The van der Waals surface area contributed by atoms with E-state index < -0.39 is 49.5 Å². The largest absolute Gasteiger partial charge is 0.394 e. The Morgan fingerprint density at radius 3 is 2.18 bits per heavy atom. The molecule has 0 aromatic heterocycles. The van der Waals surface area contributed by atoms with Crippen LogP contribution in [0.2, 0.25) is 0 Å². The molecule has 0 spiro atoms. The Labute approximate surface area is 228 Å². The highest BCUT2D eigenvalue weighted by molar-refractivity contribution is 5.76. The lowest BCUT2D eigenvalue weighted by Crippen LogP contribution is -2.60. The first-order chi connectivity index (χ1) is 18.3.